The molecule has 0 atom stereocenters. The molecule has 0 saturated carbocycles. The van der Waals surface area contributed by atoms with Gasteiger partial charge in [-0.05, 0) is 35.0 Å². The lowest BCUT2D eigenvalue weighted by atomic mass is 10.0. The standard InChI is InChI=1S/C14H14BrFN2O/c1-2-17-13-8-7-19-6-5-11(8)18-14-9(15)3-4-10(16)12(13)14/h3-4H,2,5-7H2,1H3,(H,17,18). The Hall–Kier alpha value is -1.20. The van der Waals surface area contributed by atoms with Crippen molar-refractivity contribution in [2.45, 2.75) is 20.0 Å². The zero-order valence-electron chi connectivity index (χ0n) is 10.6. The minimum absolute atomic E-state index is 0.255. The van der Waals surface area contributed by atoms with Gasteiger partial charge in [0.05, 0.1) is 35.5 Å². The van der Waals surface area contributed by atoms with Crippen molar-refractivity contribution in [3.05, 3.63) is 33.7 Å². The largest absolute Gasteiger partial charge is 0.384 e. The zero-order chi connectivity index (χ0) is 13.4. The van der Waals surface area contributed by atoms with E-state index in [0.29, 0.717) is 24.1 Å². The van der Waals surface area contributed by atoms with Crippen molar-refractivity contribution in [3.8, 4) is 0 Å². The van der Waals surface area contributed by atoms with E-state index in [0.717, 1.165) is 34.4 Å². The number of aromatic nitrogens is 1. The third-order valence-corrected chi connectivity index (χ3v) is 3.95. The van der Waals surface area contributed by atoms with E-state index < -0.39 is 0 Å². The van der Waals surface area contributed by atoms with Crippen molar-refractivity contribution >= 4 is 32.5 Å². The highest BCUT2D eigenvalue weighted by Crippen LogP contribution is 2.36. The molecule has 1 N–H and O–H groups in total. The minimum Gasteiger partial charge on any atom is -0.384 e. The smallest absolute Gasteiger partial charge is 0.134 e. The number of benzene rings is 1. The Morgan fingerprint density at radius 1 is 1.47 bits per heavy atom. The fourth-order valence-corrected chi connectivity index (χ4v) is 2.88. The van der Waals surface area contributed by atoms with Crippen LogP contribution in [0.1, 0.15) is 18.2 Å². The van der Waals surface area contributed by atoms with Crippen molar-refractivity contribution in [1.29, 1.82) is 0 Å². The molecule has 100 valence electrons. The van der Waals surface area contributed by atoms with E-state index in [2.05, 4.69) is 26.2 Å². The molecular weight excluding hydrogens is 311 g/mol. The molecule has 5 heteroatoms. The number of hydrogen-bond donors (Lipinski definition) is 1. The van der Waals surface area contributed by atoms with Crippen LogP contribution in [0.4, 0.5) is 10.1 Å². The SMILES string of the molecule is CCNc1c2c(nc3c(Br)ccc(F)c13)CCOC2. The van der Waals surface area contributed by atoms with Gasteiger partial charge in [-0.1, -0.05) is 0 Å². The topological polar surface area (TPSA) is 34.2 Å². The molecule has 2 heterocycles. The van der Waals surface area contributed by atoms with Gasteiger partial charge >= 0.3 is 0 Å². The molecule has 0 saturated heterocycles. The molecule has 3 nitrogen and oxygen atoms in total. The van der Waals surface area contributed by atoms with Gasteiger partial charge in [0, 0.05) is 23.0 Å². The Bertz CT molecular complexity index is 645. The van der Waals surface area contributed by atoms with Crippen LogP contribution in [0.25, 0.3) is 10.9 Å². The fourth-order valence-electron chi connectivity index (χ4n) is 2.46. The second kappa shape index (κ2) is 5.06. The lowest BCUT2D eigenvalue weighted by Gasteiger charge is -2.22. The third kappa shape index (κ3) is 2.11. The molecule has 0 spiro atoms. The van der Waals surface area contributed by atoms with Gasteiger partial charge in [-0.2, -0.15) is 0 Å². The number of fused-ring (bicyclic) bond motifs is 2. The molecule has 2 aromatic rings. The van der Waals surface area contributed by atoms with Crippen LogP contribution in [-0.4, -0.2) is 18.1 Å². The van der Waals surface area contributed by atoms with Crippen molar-refractivity contribution < 1.29 is 9.13 Å². The number of rotatable bonds is 2. The lowest BCUT2D eigenvalue weighted by molar-refractivity contribution is 0.110. The monoisotopic (exact) mass is 324 g/mol. The number of ether oxygens (including phenoxy) is 1. The Labute approximate surface area is 119 Å². The average Bonchev–Trinajstić information content (AvgIpc) is 2.43. The van der Waals surface area contributed by atoms with Gasteiger partial charge in [-0.25, -0.2) is 4.39 Å². The summed E-state index contributed by atoms with van der Waals surface area (Å²) < 4.78 is 20.5. The fraction of sp³-hybridized carbons (Fsp3) is 0.357. The van der Waals surface area contributed by atoms with Crippen LogP contribution >= 0.6 is 15.9 Å². The van der Waals surface area contributed by atoms with E-state index in [1.165, 1.54) is 6.07 Å². The summed E-state index contributed by atoms with van der Waals surface area (Å²) in [5, 5.41) is 3.81. The quantitative estimate of drug-likeness (QED) is 0.915. The first-order valence-corrected chi connectivity index (χ1v) is 7.12. The summed E-state index contributed by atoms with van der Waals surface area (Å²) in [6, 6.07) is 3.16. The maximum absolute atomic E-state index is 14.2. The van der Waals surface area contributed by atoms with Crippen LogP contribution < -0.4 is 5.32 Å². The average molecular weight is 325 g/mol. The number of anilines is 1. The Morgan fingerprint density at radius 2 is 2.32 bits per heavy atom. The number of hydrogen-bond acceptors (Lipinski definition) is 3. The maximum Gasteiger partial charge on any atom is 0.134 e. The van der Waals surface area contributed by atoms with Gasteiger partial charge in [-0.3, -0.25) is 4.98 Å². The lowest BCUT2D eigenvalue weighted by Crippen LogP contribution is -2.16. The Balaban J connectivity index is 2.39. The first-order chi connectivity index (χ1) is 9.22. The summed E-state index contributed by atoms with van der Waals surface area (Å²) in [7, 11) is 0. The summed E-state index contributed by atoms with van der Waals surface area (Å²) in [5.41, 5.74) is 3.48. The summed E-state index contributed by atoms with van der Waals surface area (Å²) >= 11 is 3.46. The van der Waals surface area contributed by atoms with E-state index in [-0.39, 0.29) is 5.82 Å². The number of halogens is 2. The molecule has 3 rings (SSSR count). The van der Waals surface area contributed by atoms with Crippen molar-refractivity contribution in [3.63, 3.8) is 0 Å². The van der Waals surface area contributed by atoms with Crippen molar-refractivity contribution in [2.75, 3.05) is 18.5 Å². The second-order valence-corrected chi connectivity index (χ2v) is 5.35. The molecule has 1 aromatic carbocycles. The molecule has 0 bridgehead atoms. The Morgan fingerprint density at radius 3 is 3.11 bits per heavy atom. The highest BCUT2D eigenvalue weighted by molar-refractivity contribution is 9.10. The molecule has 1 aliphatic heterocycles. The number of nitrogens with one attached hydrogen (secondary N) is 1. The van der Waals surface area contributed by atoms with Gasteiger partial charge in [0.15, 0.2) is 0 Å². The van der Waals surface area contributed by atoms with Crippen LogP contribution in [0.5, 0.6) is 0 Å². The van der Waals surface area contributed by atoms with Crippen molar-refractivity contribution in [2.24, 2.45) is 0 Å². The van der Waals surface area contributed by atoms with Gasteiger partial charge in [0.2, 0.25) is 0 Å². The van der Waals surface area contributed by atoms with E-state index in [1.807, 2.05) is 6.92 Å². The summed E-state index contributed by atoms with van der Waals surface area (Å²) in [5.74, 6) is -0.255. The van der Waals surface area contributed by atoms with Crippen LogP contribution in [0, 0.1) is 5.82 Å². The molecule has 1 aliphatic rings. The molecule has 1 aromatic heterocycles. The van der Waals surface area contributed by atoms with E-state index >= 15 is 0 Å². The van der Waals surface area contributed by atoms with Gasteiger partial charge < -0.3 is 10.1 Å². The van der Waals surface area contributed by atoms with Crippen LogP contribution in [0.3, 0.4) is 0 Å². The molecule has 0 amide bonds. The first-order valence-electron chi connectivity index (χ1n) is 6.33. The van der Waals surface area contributed by atoms with E-state index in [1.54, 1.807) is 6.07 Å². The molecular formula is C14H14BrFN2O. The van der Waals surface area contributed by atoms with Crippen LogP contribution in [0.2, 0.25) is 0 Å². The van der Waals surface area contributed by atoms with Gasteiger partial charge in [0.25, 0.3) is 0 Å². The molecule has 19 heavy (non-hydrogen) atoms. The highest BCUT2D eigenvalue weighted by atomic mass is 79.9. The first kappa shape index (κ1) is 12.8. The zero-order valence-corrected chi connectivity index (χ0v) is 12.2. The predicted molar refractivity (Wildman–Crippen MR) is 76.9 cm³/mol. The summed E-state index contributed by atoms with van der Waals surface area (Å²) in [4.78, 5) is 4.61. The number of nitrogens with zero attached hydrogens (tertiary/aromatic N) is 1. The molecule has 0 radical (unpaired) electrons. The number of pyridine rings is 1. The van der Waals surface area contributed by atoms with Crippen LogP contribution in [-0.2, 0) is 17.8 Å². The maximum atomic E-state index is 14.2. The molecule has 0 fully saturated rings. The summed E-state index contributed by atoms with van der Waals surface area (Å²) in [6.07, 6.45) is 0.770. The summed E-state index contributed by atoms with van der Waals surface area (Å²) in [6.45, 7) is 3.90. The van der Waals surface area contributed by atoms with E-state index in [9.17, 15) is 4.39 Å². The molecule has 0 unspecified atom stereocenters. The van der Waals surface area contributed by atoms with Gasteiger partial charge in [0.1, 0.15) is 5.82 Å². The Kier molecular flexibility index (Phi) is 3.41. The van der Waals surface area contributed by atoms with Crippen LogP contribution in [0.15, 0.2) is 16.6 Å². The third-order valence-electron chi connectivity index (χ3n) is 3.31. The van der Waals surface area contributed by atoms with E-state index in [4.69, 9.17) is 4.74 Å². The minimum atomic E-state index is -0.255. The highest BCUT2D eigenvalue weighted by Gasteiger charge is 2.21. The van der Waals surface area contributed by atoms with Crippen molar-refractivity contribution in [1.82, 2.24) is 4.98 Å². The normalized spacial score (nSPS) is 14.5. The predicted octanol–water partition coefficient (Wildman–Crippen LogP) is 3.64. The van der Waals surface area contributed by atoms with Gasteiger partial charge in [-0.15, -0.1) is 0 Å². The molecule has 0 aliphatic carbocycles. The second-order valence-electron chi connectivity index (χ2n) is 4.50.